The van der Waals surface area contributed by atoms with E-state index in [1.54, 1.807) is 18.4 Å². The second-order valence-electron chi connectivity index (χ2n) is 11.1. The molecule has 7 heteroatoms. The molecule has 184 valence electrons. The van der Waals surface area contributed by atoms with Gasteiger partial charge in [-0.15, -0.1) is 0 Å². The summed E-state index contributed by atoms with van der Waals surface area (Å²) in [6.45, 7) is 6.57. The van der Waals surface area contributed by atoms with E-state index in [1.165, 1.54) is 18.2 Å². The molecule has 2 saturated carbocycles. The lowest BCUT2D eigenvalue weighted by molar-refractivity contribution is -0.123. The zero-order valence-electron chi connectivity index (χ0n) is 20.2. The lowest BCUT2D eigenvalue weighted by atomic mass is 9.57. The first-order chi connectivity index (χ1) is 16.0. The molecule has 1 heterocycles. The third kappa shape index (κ3) is 5.04. The van der Waals surface area contributed by atoms with Crippen LogP contribution in [0, 0.1) is 22.6 Å². The normalized spacial score (nSPS) is 29.9. The van der Waals surface area contributed by atoms with Gasteiger partial charge >= 0.3 is 0 Å². The SMILES string of the molecule is CC1(C)C[C@H](NC(=O)c2cccc(F)c2)[C@]2(CCC(=O)NCc3ccco3)CC[C@@](C)(O)C[C@@H]12. The molecule has 1 aromatic heterocycles. The number of hydrogen-bond donors (Lipinski definition) is 3. The van der Waals surface area contributed by atoms with Crippen molar-refractivity contribution in [3.63, 3.8) is 0 Å². The van der Waals surface area contributed by atoms with Gasteiger partial charge in [-0.05, 0) is 86.1 Å². The Balaban J connectivity index is 1.54. The van der Waals surface area contributed by atoms with Crippen molar-refractivity contribution in [1.82, 2.24) is 10.6 Å². The Labute approximate surface area is 200 Å². The van der Waals surface area contributed by atoms with Gasteiger partial charge in [-0.25, -0.2) is 4.39 Å². The summed E-state index contributed by atoms with van der Waals surface area (Å²) in [5.41, 5.74) is -0.935. The molecule has 2 aliphatic carbocycles. The fourth-order valence-corrected chi connectivity index (χ4v) is 6.34. The number of nitrogens with one attached hydrogen (secondary N) is 2. The lowest BCUT2D eigenvalue weighted by Gasteiger charge is -2.50. The number of fused-ring (bicyclic) bond motifs is 1. The fraction of sp³-hybridized carbons (Fsp3) is 0.556. The number of aliphatic hydroxyl groups is 1. The number of rotatable bonds is 7. The quantitative estimate of drug-likeness (QED) is 0.552. The van der Waals surface area contributed by atoms with E-state index in [2.05, 4.69) is 24.5 Å². The van der Waals surface area contributed by atoms with Crippen LogP contribution < -0.4 is 10.6 Å². The molecule has 2 fully saturated rings. The van der Waals surface area contributed by atoms with Crippen LogP contribution in [0.3, 0.4) is 0 Å². The highest BCUT2D eigenvalue weighted by Crippen LogP contribution is 2.63. The van der Waals surface area contributed by atoms with Gasteiger partial charge < -0.3 is 20.2 Å². The van der Waals surface area contributed by atoms with E-state index < -0.39 is 11.4 Å². The van der Waals surface area contributed by atoms with Gasteiger partial charge in [-0.2, -0.15) is 0 Å². The van der Waals surface area contributed by atoms with Crippen LogP contribution in [0.5, 0.6) is 0 Å². The highest BCUT2D eigenvalue weighted by atomic mass is 19.1. The van der Waals surface area contributed by atoms with Gasteiger partial charge in [0.15, 0.2) is 0 Å². The molecule has 6 nitrogen and oxygen atoms in total. The minimum atomic E-state index is -0.769. The second-order valence-corrected chi connectivity index (χ2v) is 11.1. The highest BCUT2D eigenvalue weighted by Gasteiger charge is 2.61. The summed E-state index contributed by atoms with van der Waals surface area (Å²) in [5, 5.41) is 17.0. The summed E-state index contributed by atoms with van der Waals surface area (Å²) in [4.78, 5) is 25.8. The highest BCUT2D eigenvalue weighted by molar-refractivity contribution is 5.94. The molecule has 0 radical (unpaired) electrons. The zero-order valence-corrected chi connectivity index (χ0v) is 20.2. The smallest absolute Gasteiger partial charge is 0.251 e. The molecule has 0 saturated heterocycles. The molecular formula is C27H35FN2O4. The first-order valence-electron chi connectivity index (χ1n) is 12.1. The summed E-state index contributed by atoms with van der Waals surface area (Å²) in [6, 6.07) is 9.13. The average Bonchev–Trinajstić information content (AvgIpc) is 3.36. The first-order valence-corrected chi connectivity index (χ1v) is 12.1. The number of amides is 2. The van der Waals surface area contributed by atoms with E-state index in [9.17, 15) is 19.1 Å². The van der Waals surface area contributed by atoms with Gasteiger partial charge in [-0.3, -0.25) is 9.59 Å². The number of carbonyl (C=O) groups is 2. The molecule has 2 aromatic rings. The van der Waals surface area contributed by atoms with Gasteiger partial charge in [0, 0.05) is 18.0 Å². The van der Waals surface area contributed by atoms with Crippen LogP contribution in [0.15, 0.2) is 47.1 Å². The molecule has 0 aliphatic heterocycles. The van der Waals surface area contributed by atoms with Gasteiger partial charge in [0.2, 0.25) is 5.91 Å². The molecule has 0 spiro atoms. The molecule has 4 atom stereocenters. The lowest BCUT2D eigenvalue weighted by Crippen LogP contribution is -2.52. The maximum absolute atomic E-state index is 13.7. The van der Waals surface area contributed by atoms with E-state index in [4.69, 9.17) is 4.42 Å². The molecule has 34 heavy (non-hydrogen) atoms. The summed E-state index contributed by atoms with van der Waals surface area (Å²) in [7, 11) is 0. The molecule has 4 rings (SSSR count). The van der Waals surface area contributed by atoms with Crippen molar-refractivity contribution in [2.45, 2.75) is 77.5 Å². The van der Waals surface area contributed by atoms with Gasteiger partial charge in [0.05, 0.1) is 18.4 Å². The monoisotopic (exact) mass is 470 g/mol. The Morgan fingerprint density at radius 1 is 1.15 bits per heavy atom. The van der Waals surface area contributed by atoms with E-state index >= 15 is 0 Å². The van der Waals surface area contributed by atoms with Crippen molar-refractivity contribution in [3.05, 3.63) is 59.8 Å². The zero-order chi connectivity index (χ0) is 24.6. The Kier molecular flexibility index (Phi) is 6.60. The third-order valence-electron chi connectivity index (χ3n) is 8.08. The van der Waals surface area contributed by atoms with Crippen LogP contribution in [0.1, 0.15) is 75.4 Å². The Bertz CT molecular complexity index is 1030. The maximum Gasteiger partial charge on any atom is 0.251 e. The molecule has 2 amide bonds. The van der Waals surface area contributed by atoms with Crippen molar-refractivity contribution >= 4 is 11.8 Å². The molecular weight excluding hydrogens is 435 g/mol. The van der Waals surface area contributed by atoms with Crippen LogP contribution in [0.25, 0.3) is 0 Å². The summed E-state index contributed by atoms with van der Waals surface area (Å²) in [6.07, 6.45) is 5.19. The second kappa shape index (κ2) is 9.17. The van der Waals surface area contributed by atoms with E-state index in [0.717, 1.165) is 6.42 Å². The Hall–Kier alpha value is -2.67. The average molecular weight is 471 g/mol. The molecule has 0 unspecified atom stereocenters. The topological polar surface area (TPSA) is 91.6 Å². The molecule has 1 aromatic carbocycles. The minimum Gasteiger partial charge on any atom is -0.467 e. The van der Waals surface area contributed by atoms with Crippen LogP contribution >= 0.6 is 0 Å². The van der Waals surface area contributed by atoms with E-state index in [-0.39, 0.29) is 40.2 Å². The van der Waals surface area contributed by atoms with Crippen LogP contribution in [-0.2, 0) is 11.3 Å². The fourth-order valence-electron chi connectivity index (χ4n) is 6.34. The maximum atomic E-state index is 13.7. The molecule has 2 aliphatic rings. The predicted octanol–water partition coefficient (Wildman–Crippen LogP) is 4.58. The minimum absolute atomic E-state index is 0.0678. The summed E-state index contributed by atoms with van der Waals surface area (Å²) in [5.74, 6) is 0.00963. The van der Waals surface area contributed by atoms with Crippen molar-refractivity contribution in [1.29, 1.82) is 0 Å². The van der Waals surface area contributed by atoms with E-state index in [1.807, 2.05) is 13.0 Å². The standard InChI is InChI=1S/C27H35FN2O4/c1-25(2)16-22(30-24(32)18-6-4-7-19(28)14-18)27(12-11-26(3,33)15-21(25)27)10-9-23(31)29-17-20-8-5-13-34-20/h4-8,13-14,21-22,33H,9-12,15-17H2,1-3H3,(H,29,31)(H,30,32)/t21-,22-,26+,27+/m0/s1. The Morgan fingerprint density at radius 2 is 1.94 bits per heavy atom. The van der Waals surface area contributed by atoms with Crippen molar-refractivity contribution in [3.8, 4) is 0 Å². The first kappa shape index (κ1) is 24.5. The number of carbonyl (C=O) groups excluding carboxylic acids is 2. The summed E-state index contributed by atoms with van der Waals surface area (Å²) >= 11 is 0. The predicted molar refractivity (Wildman–Crippen MR) is 126 cm³/mol. The van der Waals surface area contributed by atoms with Crippen LogP contribution in [0.2, 0.25) is 0 Å². The molecule has 0 bridgehead atoms. The van der Waals surface area contributed by atoms with Gasteiger partial charge in [0.1, 0.15) is 11.6 Å². The van der Waals surface area contributed by atoms with Gasteiger partial charge in [0.25, 0.3) is 5.91 Å². The van der Waals surface area contributed by atoms with Crippen molar-refractivity contribution in [2.75, 3.05) is 0 Å². The van der Waals surface area contributed by atoms with E-state index in [0.29, 0.717) is 44.4 Å². The van der Waals surface area contributed by atoms with Crippen molar-refractivity contribution < 1.29 is 23.5 Å². The van der Waals surface area contributed by atoms with Crippen LogP contribution in [-0.4, -0.2) is 28.6 Å². The summed E-state index contributed by atoms with van der Waals surface area (Å²) < 4.78 is 19.0. The Morgan fingerprint density at radius 3 is 2.65 bits per heavy atom. The van der Waals surface area contributed by atoms with Gasteiger partial charge in [-0.1, -0.05) is 19.9 Å². The van der Waals surface area contributed by atoms with Crippen LogP contribution in [0.4, 0.5) is 4.39 Å². The number of halogens is 1. The largest absolute Gasteiger partial charge is 0.467 e. The third-order valence-corrected chi connectivity index (χ3v) is 8.08. The number of hydrogen-bond acceptors (Lipinski definition) is 4. The van der Waals surface area contributed by atoms with Crippen molar-refractivity contribution in [2.24, 2.45) is 16.7 Å². The molecule has 3 N–H and O–H groups in total. The number of furan rings is 1. The number of benzene rings is 1.